The van der Waals surface area contributed by atoms with Crippen LogP contribution in [0.2, 0.25) is 5.02 Å². The molecule has 118 valence electrons. The van der Waals surface area contributed by atoms with Crippen molar-refractivity contribution in [3.63, 3.8) is 0 Å². The van der Waals surface area contributed by atoms with E-state index in [1.54, 1.807) is 25.1 Å². The molecule has 21 heavy (non-hydrogen) atoms. The first-order chi connectivity index (χ1) is 9.42. The zero-order valence-corrected chi connectivity index (χ0v) is 14.4. The van der Waals surface area contributed by atoms with Gasteiger partial charge >= 0.3 is 0 Å². The summed E-state index contributed by atoms with van der Waals surface area (Å²) in [5.74, 6) is -0.368. The van der Waals surface area contributed by atoms with Gasteiger partial charge in [-0.05, 0) is 45.9 Å². The molecule has 5 nitrogen and oxygen atoms in total. The molecule has 0 aliphatic carbocycles. The van der Waals surface area contributed by atoms with Gasteiger partial charge in [-0.3, -0.25) is 9.10 Å². The summed E-state index contributed by atoms with van der Waals surface area (Å²) in [4.78, 5) is 12.3. The summed E-state index contributed by atoms with van der Waals surface area (Å²) >= 11 is 5.91. The van der Waals surface area contributed by atoms with Gasteiger partial charge in [0.05, 0.1) is 11.9 Å². The van der Waals surface area contributed by atoms with E-state index in [4.69, 9.17) is 11.6 Å². The largest absolute Gasteiger partial charge is 0.350 e. The highest BCUT2D eigenvalue weighted by atomic mass is 35.5. The molecular formula is C14H21ClN2O3S. The molecule has 0 saturated carbocycles. The Hall–Kier alpha value is -1.27. The van der Waals surface area contributed by atoms with Crippen LogP contribution in [0.1, 0.15) is 27.7 Å². The number of carbonyl (C=O) groups is 1. The van der Waals surface area contributed by atoms with Crippen LogP contribution in [0.25, 0.3) is 0 Å². The predicted octanol–water partition coefficient (Wildman–Crippen LogP) is 2.41. The Morgan fingerprint density at radius 2 is 1.90 bits per heavy atom. The van der Waals surface area contributed by atoms with Crippen molar-refractivity contribution in [3.8, 4) is 0 Å². The molecule has 0 bridgehead atoms. The number of nitrogens with one attached hydrogen (secondary N) is 1. The van der Waals surface area contributed by atoms with Crippen LogP contribution in [-0.4, -0.2) is 32.2 Å². The Bertz CT molecular complexity index is 623. The standard InChI is InChI=1S/C14H21ClN2O3S/c1-10(13(18)16-14(2,3)4)17(21(5,19)20)12-8-6-7-11(15)9-12/h6-10H,1-5H3,(H,16,18)/t10-/m1/s1. The topological polar surface area (TPSA) is 66.5 Å². The number of nitrogens with zero attached hydrogens (tertiary/aromatic N) is 1. The summed E-state index contributed by atoms with van der Waals surface area (Å²) in [5.41, 5.74) is -0.0791. The van der Waals surface area contributed by atoms with E-state index >= 15 is 0 Å². The van der Waals surface area contributed by atoms with Crippen molar-refractivity contribution < 1.29 is 13.2 Å². The fourth-order valence-corrected chi connectivity index (χ4v) is 3.25. The van der Waals surface area contributed by atoms with E-state index in [9.17, 15) is 13.2 Å². The summed E-state index contributed by atoms with van der Waals surface area (Å²) in [6.07, 6.45) is 1.06. The predicted molar refractivity (Wildman–Crippen MR) is 86.1 cm³/mol. The number of hydrogen-bond acceptors (Lipinski definition) is 3. The Morgan fingerprint density at radius 3 is 2.33 bits per heavy atom. The zero-order valence-electron chi connectivity index (χ0n) is 12.8. The highest BCUT2D eigenvalue weighted by Gasteiger charge is 2.30. The molecule has 1 N–H and O–H groups in total. The molecule has 7 heteroatoms. The van der Waals surface area contributed by atoms with Crippen molar-refractivity contribution in [1.29, 1.82) is 0 Å². The maximum Gasteiger partial charge on any atom is 0.244 e. The Morgan fingerprint density at radius 1 is 1.33 bits per heavy atom. The van der Waals surface area contributed by atoms with E-state index in [1.165, 1.54) is 6.07 Å². The minimum atomic E-state index is -3.62. The minimum absolute atomic E-state index is 0.363. The second kappa shape index (κ2) is 6.23. The molecular weight excluding hydrogens is 312 g/mol. The lowest BCUT2D eigenvalue weighted by atomic mass is 10.1. The number of rotatable bonds is 4. The van der Waals surface area contributed by atoms with Gasteiger partial charge < -0.3 is 5.32 Å². The highest BCUT2D eigenvalue weighted by Crippen LogP contribution is 2.24. The first-order valence-electron chi connectivity index (χ1n) is 6.49. The lowest BCUT2D eigenvalue weighted by Crippen LogP contribution is -2.52. The first-order valence-corrected chi connectivity index (χ1v) is 8.71. The lowest BCUT2D eigenvalue weighted by Gasteiger charge is -2.31. The molecule has 1 aromatic rings. The van der Waals surface area contributed by atoms with E-state index in [2.05, 4.69) is 5.32 Å². The summed E-state index contributed by atoms with van der Waals surface area (Å²) in [6.45, 7) is 7.05. The molecule has 0 fully saturated rings. The lowest BCUT2D eigenvalue weighted by molar-refractivity contribution is -0.123. The van der Waals surface area contributed by atoms with Crippen LogP contribution in [0.5, 0.6) is 0 Å². The van der Waals surface area contributed by atoms with Crippen LogP contribution in [0.15, 0.2) is 24.3 Å². The van der Waals surface area contributed by atoms with Gasteiger partial charge in [-0.2, -0.15) is 0 Å². The summed E-state index contributed by atoms with van der Waals surface area (Å²) in [7, 11) is -3.62. The molecule has 1 rings (SSSR count). The van der Waals surface area contributed by atoms with Crippen molar-refractivity contribution in [2.75, 3.05) is 10.6 Å². The SMILES string of the molecule is C[C@H](C(=O)NC(C)(C)C)N(c1cccc(Cl)c1)S(C)(=O)=O. The molecule has 0 spiro atoms. The summed E-state index contributed by atoms with van der Waals surface area (Å²) in [5, 5.41) is 3.18. The molecule has 0 aliphatic rings. The van der Waals surface area contributed by atoms with Crippen LogP contribution < -0.4 is 9.62 Å². The quantitative estimate of drug-likeness (QED) is 0.920. The molecule has 0 saturated heterocycles. The second-order valence-electron chi connectivity index (χ2n) is 5.95. The Labute approximate surface area is 131 Å². The van der Waals surface area contributed by atoms with Crippen molar-refractivity contribution in [3.05, 3.63) is 29.3 Å². The number of halogens is 1. The maximum atomic E-state index is 12.3. The Kier molecular flexibility index (Phi) is 5.28. The van der Waals surface area contributed by atoms with Gasteiger partial charge in [0.25, 0.3) is 0 Å². The van der Waals surface area contributed by atoms with Crippen LogP contribution in [0, 0.1) is 0 Å². The van der Waals surface area contributed by atoms with Gasteiger partial charge in [-0.15, -0.1) is 0 Å². The van der Waals surface area contributed by atoms with Crippen molar-refractivity contribution in [2.24, 2.45) is 0 Å². The van der Waals surface area contributed by atoms with Crippen LogP contribution in [-0.2, 0) is 14.8 Å². The smallest absolute Gasteiger partial charge is 0.244 e. The molecule has 0 unspecified atom stereocenters. The van der Waals surface area contributed by atoms with Gasteiger partial charge in [0, 0.05) is 10.6 Å². The number of anilines is 1. The van der Waals surface area contributed by atoms with Crippen LogP contribution >= 0.6 is 11.6 Å². The van der Waals surface area contributed by atoms with E-state index in [0.717, 1.165) is 10.6 Å². The Balaban J connectivity index is 3.19. The minimum Gasteiger partial charge on any atom is -0.350 e. The van der Waals surface area contributed by atoms with E-state index in [1.807, 2.05) is 20.8 Å². The molecule has 0 heterocycles. The number of sulfonamides is 1. The van der Waals surface area contributed by atoms with Gasteiger partial charge in [0.2, 0.25) is 15.9 Å². The number of hydrogen-bond donors (Lipinski definition) is 1. The maximum absolute atomic E-state index is 12.3. The van der Waals surface area contributed by atoms with Crippen LogP contribution in [0.4, 0.5) is 5.69 Å². The molecule has 1 amide bonds. The zero-order chi connectivity index (χ0) is 16.4. The van der Waals surface area contributed by atoms with Crippen molar-refractivity contribution in [1.82, 2.24) is 5.32 Å². The first kappa shape index (κ1) is 17.8. The van der Waals surface area contributed by atoms with Crippen LogP contribution in [0.3, 0.4) is 0 Å². The van der Waals surface area contributed by atoms with Gasteiger partial charge in [0.15, 0.2) is 0 Å². The summed E-state index contributed by atoms with van der Waals surface area (Å²) in [6, 6.07) is 5.53. The second-order valence-corrected chi connectivity index (χ2v) is 8.25. The van der Waals surface area contributed by atoms with E-state index in [-0.39, 0.29) is 5.91 Å². The van der Waals surface area contributed by atoms with Gasteiger partial charge in [-0.25, -0.2) is 8.42 Å². The third-order valence-electron chi connectivity index (χ3n) is 2.65. The fourth-order valence-electron chi connectivity index (χ4n) is 1.90. The highest BCUT2D eigenvalue weighted by molar-refractivity contribution is 7.92. The van der Waals surface area contributed by atoms with E-state index in [0.29, 0.717) is 10.7 Å². The third-order valence-corrected chi connectivity index (χ3v) is 4.13. The normalized spacial score (nSPS) is 13.6. The van der Waals surface area contributed by atoms with Crippen molar-refractivity contribution >= 4 is 33.2 Å². The molecule has 0 radical (unpaired) electrons. The number of amides is 1. The number of carbonyl (C=O) groups excluding carboxylic acids is 1. The fraction of sp³-hybridized carbons (Fsp3) is 0.500. The van der Waals surface area contributed by atoms with E-state index < -0.39 is 21.6 Å². The van der Waals surface area contributed by atoms with Gasteiger partial charge in [-0.1, -0.05) is 17.7 Å². The average Bonchev–Trinajstić information content (AvgIpc) is 2.24. The molecule has 0 aliphatic heterocycles. The average molecular weight is 333 g/mol. The third kappa shape index (κ3) is 5.21. The molecule has 1 aromatic carbocycles. The van der Waals surface area contributed by atoms with Crippen molar-refractivity contribution in [2.45, 2.75) is 39.3 Å². The molecule has 1 atom stereocenters. The van der Waals surface area contributed by atoms with Gasteiger partial charge in [0.1, 0.15) is 6.04 Å². The number of benzene rings is 1. The monoisotopic (exact) mass is 332 g/mol. The summed E-state index contributed by atoms with van der Waals surface area (Å²) < 4.78 is 25.2. The molecule has 0 aromatic heterocycles.